The summed E-state index contributed by atoms with van der Waals surface area (Å²) in [6.07, 6.45) is 8.02. The summed E-state index contributed by atoms with van der Waals surface area (Å²) < 4.78 is 18.5. The summed E-state index contributed by atoms with van der Waals surface area (Å²) in [5, 5.41) is 0. The molecule has 1 fully saturated rings. The topological polar surface area (TPSA) is 43.4 Å². The second-order valence-electron chi connectivity index (χ2n) is 6.36. The molecular formula is C20H19FO3. The van der Waals surface area contributed by atoms with Crippen molar-refractivity contribution in [2.24, 2.45) is 11.8 Å². The molecule has 3 rings (SSSR count). The van der Waals surface area contributed by atoms with E-state index >= 15 is 0 Å². The van der Waals surface area contributed by atoms with Gasteiger partial charge in [-0.15, -0.1) is 0 Å². The number of allylic oxidation sites excluding steroid dienone is 5. The molecule has 1 saturated carbocycles. The molecule has 0 heterocycles. The highest BCUT2D eigenvalue weighted by molar-refractivity contribution is 5.97. The zero-order chi connectivity index (χ0) is 17.3. The van der Waals surface area contributed by atoms with Crippen molar-refractivity contribution in [3.63, 3.8) is 0 Å². The lowest BCUT2D eigenvalue weighted by atomic mass is 9.66. The Morgan fingerprint density at radius 1 is 1.25 bits per heavy atom. The molecule has 4 heteroatoms. The number of ketones is 1. The Balaban J connectivity index is 2.25. The molecule has 0 N–H and O–H groups in total. The zero-order valence-corrected chi connectivity index (χ0v) is 13.5. The summed E-state index contributed by atoms with van der Waals surface area (Å²) >= 11 is 0. The molecule has 0 saturated heterocycles. The minimum Gasteiger partial charge on any atom is -0.468 e. The minimum absolute atomic E-state index is 0.0339. The van der Waals surface area contributed by atoms with E-state index in [1.165, 1.54) is 19.2 Å². The average molecular weight is 326 g/mol. The fourth-order valence-electron chi connectivity index (χ4n) is 3.79. The van der Waals surface area contributed by atoms with Crippen molar-refractivity contribution in [1.29, 1.82) is 0 Å². The van der Waals surface area contributed by atoms with E-state index in [0.717, 1.165) is 5.57 Å². The van der Waals surface area contributed by atoms with Crippen LogP contribution in [-0.4, -0.2) is 18.9 Å². The fraction of sp³-hybridized carbons (Fsp3) is 0.300. The second kappa shape index (κ2) is 6.19. The Kier molecular flexibility index (Phi) is 4.22. The van der Waals surface area contributed by atoms with E-state index in [2.05, 4.69) is 6.58 Å². The summed E-state index contributed by atoms with van der Waals surface area (Å²) in [5.74, 6) is -1.90. The molecule has 3 nitrogen and oxygen atoms in total. The van der Waals surface area contributed by atoms with Gasteiger partial charge in [-0.05, 0) is 30.5 Å². The van der Waals surface area contributed by atoms with Crippen LogP contribution in [-0.2, 0) is 19.7 Å². The van der Waals surface area contributed by atoms with E-state index in [1.54, 1.807) is 24.3 Å². The summed E-state index contributed by atoms with van der Waals surface area (Å²) in [4.78, 5) is 25.9. The third-order valence-electron chi connectivity index (χ3n) is 4.91. The largest absolute Gasteiger partial charge is 0.468 e. The highest BCUT2D eigenvalue weighted by atomic mass is 19.1. The van der Waals surface area contributed by atoms with Crippen LogP contribution in [0, 0.1) is 17.7 Å². The molecule has 0 aromatic heterocycles. The number of methoxy groups -OCH3 is 1. The molecule has 2 aliphatic carbocycles. The Hall–Kier alpha value is -2.49. The standard InChI is InChI=1S/C20H19FO3/c1-13-11-14-5-3-4-6-17(18(14)22)20(12-13,19(23)24-2)15-7-9-16(21)10-8-15/h3-10,14,17H,1,11-12H2,2H3/t14-,17-,20-/m0/s1. The normalized spacial score (nSPS) is 29.1. The van der Waals surface area contributed by atoms with Crippen molar-refractivity contribution in [3.05, 3.63) is 72.1 Å². The van der Waals surface area contributed by atoms with Gasteiger partial charge in [0.1, 0.15) is 17.0 Å². The van der Waals surface area contributed by atoms with Crippen LogP contribution < -0.4 is 0 Å². The molecule has 124 valence electrons. The van der Waals surface area contributed by atoms with Crippen LogP contribution >= 0.6 is 0 Å². The van der Waals surface area contributed by atoms with Crippen LogP contribution in [0.15, 0.2) is 60.7 Å². The molecule has 1 aromatic carbocycles. The summed E-state index contributed by atoms with van der Waals surface area (Å²) in [6, 6.07) is 5.71. The smallest absolute Gasteiger partial charge is 0.317 e. The lowest BCUT2D eigenvalue weighted by molar-refractivity contribution is -0.151. The number of rotatable bonds is 2. The van der Waals surface area contributed by atoms with Gasteiger partial charge in [0.25, 0.3) is 0 Å². The maximum absolute atomic E-state index is 13.4. The van der Waals surface area contributed by atoms with Crippen molar-refractivity contribution in [2.45, 2.75) is 18.3 Å². The van der Waals surface area contributed by atoms with E-state index < -0.39 is 23.1 Å². The molecule has 0 radical (unpaired) electrons. The number of ether oxygens (including phenoxy) is 1. The van der Waals surface area contributed by atoms with Crippen LogP contribution in [0.2, 0.25) is 0 Å². The number of carbonyl (C=O) groups is 2. The molecule has 0 spiro atoms. The number of hydrogen-bond donors (Lipinski definition) is 0. The molecular weight excluding hydrogens is 307 g/mol. The van der Waals surface area contributed by atoms with Crippen molar-refractivity contribution in [1.82, 2.24) is 0 Å². The first-order chi connectivity index (χ1) is 11.5. The SMILES string of the molecule is C=C1C[C@@H]2C=CC=C[C@@H](C2=O)[C@@](C(=O)OC)(c2ccc(F)cc2)C1. The van der Waals surface area contributed by atoms with Crippen molar-refractivity contribution in [2.75, 3.05) is 7.11 Å². The van der Waals surface area contributed by atoms with E-state index in [-0.39, 0.29) is 11.7 Å². The number of halogens is 1. The predicted molar refractivity (Wildman–Crippen MR) is 88.7 cm³/mol. The van der Waals surface area contributed by atoms with Crippen LogP contribution in [0.25, 0.3) is 0 Å². The van der Waals surface area contributed by atoms with Gasteiger partial charge >= 0.3 is 5.97 Å². The average Bonchev–Trinajstić information content (AvgIpc) is 2.81. The van der Waals surface area contributed by atoms with Gasteiger partial charge in [0.15, 0.2) is 0 Å². The quantitative estimate of drug-likeness (QED) is 0.617. The molecule has 0 aliphatic heterocycles. The predicted octanol–water partition coefficient (Wildman–Crippen LogP) is 3.51. The molecule has 2 bridgehead atoms. The van der Waals surface area contributed by atoms with E-state index in [0.29, 0.717) is 18.4 Å². The number of Topliss-reactive ketones (excluding diaryl/α,β-unsaturated/α-hetero) is 1. The molecule has 2 aliphatic rings. The Morgan fingerprint density at radius 2 is 1.92 bits per heavy atom. The number of fused-ring (bicyclic) bond motifs is 2. The monoisotopic (exact) mass is 326 g/mol. The second-order valence-corrected chi connectivity index (χ2v) is 6.36. The number of esters is 1. The van der Waals surface area contributed by atoms with Gasteiger partial charge in [-0.3, -0.25) is 9.59 Å². The minimum atomic E-state index is -1.21. The van der Waals surface area contributed by atoms with E-state index in [4.69, 9.17) is 4.74 Å². The Bertz CT molecular complexity index is 745. The maximum Gasteiger partial charge on any atom is 0.317 e. The maximum atomic E-state index is 13.4. The van der Waals surface area contributed by atoms with Gasteiger partial charge < -0.3 is 4.74 Å². The third-order valence-corrected chi connectivity index (χ3v) is 4.91. The van der Waals surface area contributed by atoms with Gasteiger partial charge in [0.05, 0.1) is 13.0 Å². The summed E-state index contributed by atoms with van der Waals surface area (Å²) in [6.45, 7) is 4.06. The molecule has 24 heavy (non-hydrogen) atoms. The number of carbonyl (C=O) groups excluding carboxylic acids is 2. The van der Waals surface area contributed by atoms with Gasteiger partial charge in [0, 0.05) is 5.92 Å². The van der Waals surface area contributed by atoms with Gasteiger partial charge in [-0.2, -0.15) is 0 Å². The summed E-state index contributed by atoms with van der Waals surface area (Å²) in [7, 11) is 1.31. The van der Waals surface area contributed by atoms with E-state index in [9.17, 15) is 14.0 Å². The van der Waals surface area contributed by atoms with Crippen molar-refractivity contribution < 1.29 is 18.7 Å². The molecule has 0 unspecified atom stereocenters. The number of benzene rings is 1. The molecule has 0 amide bonds. The highest BCUT2D eigenvalue weighted by Crippen LogP contribution is 2.46. The third kappa shape index (κ3) is 2.52. The lowest BCUT2D eigenvalue weighted by Gasteiger charge is -2.35. The van der Waals surface area contributed by atoms with Crippen LogP contribution in [0.5, 0.6) is 0 Å². The first-order valence-electron chi connectivity index (χ1n) is 7.89. The molecule has 1 aromatic rings. The van der Waals surface area contributed by atoms with Crippen LogP contribution in [0.4, 0.5) is 4.39 Å². The van der Waals surface area contributed by atoms with Crippen molar-refractivity contribution >= 4 is 11.8 Å². The zero-order valence-electron chi connectivity index (χ0n) is 13.5. The first kappa shape index (κ1) is 16.4. The highest BCUT2D eigenvalue weighted by Gasteiger charge is 2.53. The number of hydrogen-bond acceptors (Lipinski definition) is 3. The van der Waals surface area contributed by atoms with Gasteiger partial charge in [0.2, 0.25) is 0 Å². The van der Waals surface area contributed by atoms with Gasteiger partial charge in [-0.25, -0.2) is 4.39 Å². The first-order valence-corrected chi connectivity index (χ1v) is 7.89. The van der Waals surface area contributed by atoms with Crippen LogP contribution in [0.3, 0.4) is 0 Å². The van der Waals surface area contributed by atoms with Gasteiger partial charge in [-0.1, -0.05) is 48.6 Å². The summed E-state index contributed by atoms with van der Waals surface area (Å²) in [5.41, 5.74) is 0.168. The molecule has 3 atom stereocenters. The fourth-order valence-corrected chi connectivity index (χ4v) is 3.79. The van der Waals surface area contributed by atoms with Crippen LogP contribution in [0.1, 0.15) is 18.4 Å². The Morgan fingerprint density at radius 3 is 2.58 bits per heavy atom. The van der Waals surface area contributed by atoms with E-state index in [1.807, 2.05) is 12.2 Å². The van der Waals surface area contributed by atoms with Crippen molar-refractivity contribution in [3.8, 4) is 0 Å². The Labute approximate surface area is 140 Å². The lowest BCUT2D eigenvalue weighted by Crippen LogP contribution is -2.46.